The molecule has 1 aliphatic rings. The standard InChI is InChI=1S/C16H28N4O2S/c1-5-14-17-13(18-22-14)11-19-7-9-20(10-8-19)16(21)15(12(3)4)23-6-2/h12,15H,5-11H2,1-4H3. The van der Waals surface area contributed by atoms with E-state index in [0.717, 1.165) is 44.2 Å². The highest BCUT2D eigenvalue weighted by Gasteiger charge is 2.29. The van der Waals surface area contributed by atoms with Crippen LogP contribution in [0.2, 0.25) is 0 Å². The van der Waals surface area contributed by atoms with E-state index in [1.54, 1.807) is 11.8 Å². The number of nitrogens with zero attached hydrogens (tertiary/aromatic N) is 4. The number of aryl methyl sites for hydroxylation is 1. The lowest BCUT2D eigenvalue weighted by Crippen LogP contribution is -2.51. The number of thioether (sulfide) groups is 1. The fourth-order valence-corrected chi connectivity index (χ4v) is 3.77. The van der Waals surface area contributed by atoms with Crippen molar-refractivity contribution < 1.29 is 9.32 Å². The summed E-state index contributed by atoms with van der Waals surface area (Å²) in [7, 11) is 0. The van der Waals surface area contributed by atoms with E-state index >= 15 is 0 Å². The zero-order chi connectivity index (χ0) is 16.8. The Morgan fingerprint density at radius 1 is 1.26 bits per heavy atom. The molecule has 0 N–H and O–H groups in total. The van der Waals surface area contributed by atoms with Crippen molar-refractivity contribution >= 4 is 17.7 Å². The van der Waals surface area contributed by atoms with Crippen LogP contribution in [0.5, 0.6) is 0 Å². The smallest absolute Gasteiger partial charge is 0.236 e. The molecule has 1 aliphatic heterocycles. The Kier molecular flexibility index (Phi) is 6.89. The Balaban J connectivity index is 1.84. The highest BCUT2D eigenvalue weighted by atomic mass is 32.2. The minimum Gasteiger partial charge on any atom is -0.339 e. The normalized spacial score (nSPS) is 17.7. The van der Waals surface area contributed by atoms with Gasteiger partial charge < -0.3 is 9.42 Å². The van der Waals surface area contributed by atoms with E-state index < -0.39 is 0 Å². The van der Waals surface area contributed by atoms with E-state index in [9.17, 15) is 4.79 Å². The van der Waals surface area contributed by atoms with Crippen LogP contribution in [0.15, 0.2) is 4.52 Å². The summed E-state index contributed by atoms with van der Waals surface area (Å²) in [6.07, 6.45) is 0.765. The lowest BCUT2D eigenvalue weighted by Gasteiger charge is -2.36. The number of carbonyl (C=O) groups is 1. The van der Waals surface area contributed by atoms with Gasteiger partial charge in [-0.15, -0.1) is 11.8 Å². The molecule has 23 heavy (non-hydrogen) atoms. The van der Waals surface area contributed by atoms with Gasteiger partial charge in [0.15, 0.2) is 5.82 Å². The van der Waals surface area contributed by atoms with Crippen LogP contribution in [0.4, 0.5) is 0 Å². The Hall–Kier alpha value is -1.08. The molecule has 0 radical (unpaired) electrons. The van der Waals surface area contributed by atoms with Gasteiger partial charge in [0.1, 0.15) is 0 Å². The zero-order valence-corrected chi connectivity index (χ0v) is 15.4. The third-order valence-electron chi connectivity index (χ3n) is 4.06. The van der Waals surface area contributed by atoms with Crippen LogP contribution < -0.4 is 0 Å². The van der Waals surface area contributed by atoms with Crippen LogP contribution in [-0.4, -0.2) is 63.0 Å². The van der Waals surface area contributed by atoms with Crippen molar-refractivity contribution in [3.05, 3.63) is 11.7 Å². The number of piperazine rings is 1. The van der Waals surface area contributed by atoms with E-state index in [1.165, 1.54) is 0 Å². The van der Waals surface area contributed by atoms with Crippen molar-refractivity contribution in [2.75, 3.05) is 31.9 Å². The van der Waals surface area contributed by atoms with E-state index in [1.807, 2.05) is 11.8 Å². The predicted molar refractivity (Wildman–Crippen MR) is 92.3 cm³/mol. The van der Waals surface area contributed by atoms with Crippen molar-refractivity contribution in [3.63, 3.8) is 0 Å². The number of aromatic nitrogens is 2. The summed E-state index contributed by atoms with van der Waals surface area (Å²) in [5, 5.41) is 4.08. The first-order chi connectivity index (χ1) is 11.0. The maximum atomic E-state index is 12.7. The third-order valence-corrected chi connectivity index (χ3v) is 5.50. The van der Waals surface area contributed by atoms with Crippen molar-refractivity contribution in [3.8, 4) is 0 Å². The average molecular weight is 340 g/mol. The molecule has 1 saturated heterocycles. The van der Waals surface area contributed by atoms with Gasteiger partial charge in [0.25, 0.3) is 0 Å². The summed E-state index contributed by atoms with van der Waals surface area (Å²) < 4.78 is 5.14. The summed E-state index contributed by atoms with van der Waals surface area (Å²) in [5.74, 6) is 3.07. The summed E-state index contributed by atoms with van der Waals surface area (Å²) >= 11 is 1.76. The minimum absolute atomic E-state index is 0.0795. The fraction of sp³-hybridized carbons (Fsp3) is 0.812. The van der Waals surface area contributed by atoms with Crippen LogP contribution in [0.1, 0.15) is 39.4 Å². The van der Waals surface area contributed by atoms with Gasteiger partial charge in [-0.3, -0.25) is 9.69 Å². The van der Waals surface area contributed by atoms with Crippen LogP contribution in [0.25, 0.3) is 0 Å². The fourth-order valence-electron chi connectivity index (χ4n) is 2.73. The molecule has 1 aromatic heterocycles. The van der Waals surface area contributed by atoms with Gasteiger partial charge in [-0.2, -0.15) is 4.98 Å². The second-order valence-electron chi connectivity index (χ2n) is 6.18. The number of carbonyl (C=O) groups excluding carboxylic acids is 1. The van der Waals surface area contributed by atoms with Gasteiger partial charge in [-0.25, -0.2) is 0 Å². The molecule has 2 rings (SSSR count). The molecule has 1 aromatic rings. The quantitative estimate of drug-likeness (QED) is 0.757. The molecule has 130 valence electrons. The average Bonchev–Trinajstić information content (AvgIpc) is 3.00. The van der Waals surface area contributed by atoms with Crippen molar-refractivity contribution in [2.45, 2.75) is 45.9 Å². The lowest BCUT2D eigenvalue weighted by atomic mass is 10.1. The number of hydrogen-bond acceptors (Lipinski definition) is 6. The number of rotatable bonds is 7. The zero-order valence-electron chi connectivity index (χ0n) is 14.6. The summed E-state index contributed by atoms with van der Waals surface area (Å²) in [6, 6.07) is 0. The molecular weight excluding hydrogens is 312 g/mol. The maximum Gasteiger partial charge on any atom is 0.236 e. The Morgan fingerprint density at radius 2 is 1.96 bits per heavy atom. The van der Waals surface area contributed by atoms with Gasteiger partial charge in [-0.1, -0.05) is 32.9 Å². The number of amides is 1. The van der Waals surface area contributed by atoms with Gasteiger partial charge in [-0.05, 0) is 11.7 Å². The first-order valence-electron chi connectivity index (χ1n) is 8.49. The van der Waals surface area contributed by atoms with E-state index in [2.05, 4.69) is 35.8 Å². The van der Waals surface area contributed by atoms with Crippen molar-refractivity contribution in [2.24, 2.45) is 5.92 Å². The third kappa shape index (κ3) is 4.94. The molecule has 7 heteroatoms. The van der Waals surface area contributed by atoms with Gasteiger partial charge in [0, 0.05) is 32.6 Å². The highest BCUT2D eigenvalue weighted by molar-refractivity contribution is 8.00. The molecule has 0 saturated carbocycles. The summed E-state index contributed by atoms with van der Waals surface area (Å²) in [5.41, 5.74) is 0. The summed E-state index contributed by atoms with van der Waals surface area (Å²) in [4.78, 5) is 21.3. The Labute approximate surface area is 143 Å². The second-order valence-corrected chi connectivity index (χ2v) is 7.60. The van der Waals surface area contributed by atoms with E-state index in [-0.39, 0.29) is 5.25 Å². The predicted octanol–water partition coefficient (Wildman–Crippen LogP) is 2.05. The van der Waals surface area contributed by atoms with E-state index in [0.29, 0.717) is 24.3 Å². The maximum absolute atomic E-state index is 12.7. The molecule has 0 bridgehead atoms. The van der Waals surface area contributed by atoms with Gasteiger partial charge in [0.2, 0.25) is 11.8 Å². The molecule has 1 fully saturated rings. The van der Waals surface area contributed by atoms with Crippen LogP contribution in [0, 0.1) is 5.92 Å². The molecule has 0 spiro atoms. The van der Waals surface area contributed by atoms with Crippen molar-refractivity contribution in [1.82, 2.24) is 19.9 Å². The molecule has 1 amide bonds. The van der Waals surface area contributed by atoms with Crippen molar-refractivity contribution in [1.29, 1.82) is 0 Å². The molecular formula is C16H28N4O2S. The van der Waals surface area contributed by atoms with Crippen LogP contribution >= 0.6 is 11.8 Å². The van der Waals surface area contributed by atoms with E-state index in [4.69, 9.17) is 4.52 Å². The molecule has 6 nitrogen and oxygen atoms in total. The second kappa shape index (κ2) is 8.68. The molecule has 1 atom stereocenters. The summed E-state index contributed by atoms with van der Waals surface area (Å²) in [6.45, 7) is 12.4. The SMILES string of the molecule is CCSC(C(=O)N1CCN(Cc2noc(CC)n2)CC1)C(C)C. The topological polar surface area (TPSA) is 62.5 Å². The largest absolute Gasteiger partial charge is 0.339 e. The Morgan fingerprint density at radius 3 is 2.48 bits per heavy atom. The highest BCUT2D eigenvalue weighted by Crippen LogP contribution is 2.22. The monoisotopic (exact) mass is 340 g/mol. The van der Waals surface area contributed by atoms with Gasteiger partial charge >= 0.3 is 0 Å². The lowest BCUT2D eigenvalue weighted by molar-refractivity contribution is -0.133. The Bertz CT molecular complexity index is 498. The molecule has 1 unspecified atom stereocenters. The van der Waals surface area contributed by atoms with Crippen LogP contribution in [-0.2, 0) is 17.8 Å². The minimum atomic E-state index is 0.0795. The van der Waals surface area contributed by atoms with Crippen LogP contribution in [0.3, 0.4) is 0 Å². The molecule has 2 heterocycles. The molecule has 0 aliphatic carbocycles. The molecule has 0 aromatic carbocycles. The first-order valence-corrected chi connectivity index (χ1v) is 9.54. The number of hydrogen-bond donors (Lipinski definition) is 0. The first kappa shape index (κ1) is 18.3. The van der Waals surface area contributed by atoms with Gasteiger partial charge in [0.05, 0.1) is 11.8 Å².